The van der Waals surface area contributed by atoms with Gasteiger partial charge < -0.3 is 34.3 Å². The fourth-order valence-corrected chi connectivity index (χ4v) is 2.89. The van der Waals surface area contributed by atoms with E-state index in [1.54, 1.807) is 13.3 Å². The van der Waals surface area contributed by atoms with Gasteiger partial charge in [0.25, 0.3) is 0 Å². The third-order valence-corrected chi connectivity index (χ3v) is 4.87. The number of amides is 2. The average Bonchev–Trinajstić information content (AvgIpc) is 2.91. The molecule has 1 aromatic rings. The molecule has 208 valence electrons. The van der Waals surface area contributed by atoms with E-state index in [0.29, 0.717) is 59.2 Å². The standard InChI is InChI=1S/C26H42N4O7/c1-33-17-18-35-15-13-27-21-23-7-9-24(10-8-23)22-28-14-16-36-19-20-37-26(32)30-12-6-4-3-5-11-29-25(31)34-2/h7-10,21-22H,3-6,11-20H2,1-2H3,(H,29,31)(H,30,32)/b27-21+,28-22+. The summed E-state index contributed by atoms with van der Waals surface area (Å²) in [6.07, 6.45) is 6.40. The summed E-state index contributed by atoms with van der Waals surface area (Å²) in [6.45, 7) is 4.99. The van der Waals surface area contributed by atoms with Crippen molar-refractivity contribution in [2.24, 2.45) is 9.98 Å². The SMILES string of the molecule is COCCOCC/N=C/c1ccc(/C=N/CCOCCOC(=O)NCCCCCCNC(=O)OC)cc1. The third-order valence-electron chi connectivity index (χ3n) is 4.87. The molecule has 0 unspecified atom stereocenters. The van der Waals surface area contributed by atoms with Crippen molar-refractivity contribution < 1.29 is 33.3 Å². The lowest BCUT2D eigenvalue weighted by molar-refractivity contribution is 0.0749. The first-order valence-electron chi connectivity index (χ1n) is 12.6. The normalized spacial score (nSPS) is 11.2. The van der Waals surface area contributed by atoms with Crippen LogP contribution < -0.4 is 10.6 Å². The molecule has 0 saturated heterocycles. The quantitative estimate of drug-likeness (QED) is 0.188. The zero-order valence-corrected chi connectivity index (χ0v) is 22.1. The van der Waals surface area contributed by atoms with E-state index < -0.39 is 12.2 Å². The molecule has 11 heteroatoms. The van der Waals surface area contributed by atoms with Gasteiger partial charge in [-0.3, -0.25) is 9.98 Å². The summed E-state index contributed by atoms with van der Waals surface area (Å²) in [7, 11) is 2.99. The highest BCUT2D eigenvalue weighted by atomic mass is 16.6. The summed E-state index contributed by atoms with van der Waals surface area (Å²) in [5.74, 6) is 0. The van der Waals surface area contributed by atoms with Crippen molar-refractivity contribution in [1.29, 1.82) is 0 Å². The number of alkyl carbamates (subject to hydrolysis) is 2. The maximum Gasteiger partial charge on any atom is 0.407 e. The van der Waals surface area contributed by atoms with Crippen LogP contribution in [0.25, 0.3) is 0 Å². The molecule has 2 amide bonds. The number of carbonyl (C=O) groups excluding carboxylic acids is 2. The van der Waals surface area contributed by atoms with E-state index in [1.165, 1.54) is 7.11 Å². The maximum absolute atomic E-state index is 11.6. The van der Waals surface area contributed by atoms with Gasteiger partial charge in [0.1, 0.15) is 6.61 Å². The largest absolute Gasteiger partial charge is 0.453 e. The molecule has 0 aromatic heterocycles. The van der Waals surface area contributed by atoms with E-state index in [9.17, 15) is 9.59 Å². The summed E-state index contributed by atoms with van der Waals surface area (Å²) >= 11 is 0. The van der Waals surface area contributed by atoms with Gasteiger partial charge in [-0.2, -0.15) is 0 Å². The molecule has 0 radical (unpaired) electrons. The molecule has 1 aromatic carbocycles. The first-order valence-corrected chi connectivity index (χ1v) is 12.6. The Bertz CT molecular complexity index is 773. The second-order valence-corrected chi connectivity index (χ2v) is 7.85. The molecule has 37 heavy (non-hydrogen) atoms. The zero-order chi connectivity index (χ0) is 26.8. The Hall–Kier alpha value is -3.02. The van der Waals surface area contributed by atoms with Crippen LogP contribution in [0.2, 0.25) is 0 Å². The molecule has 0 fully saturated rings. The van der Waals surface area contributed by atoms with Crippen molar-refractivity contribution in [3.05, 3.63) is 35.4 Å². The number of aliphatic imine (C=N–C) groups is 2. The Morgan fingerprint density at radius 3 is 1.73 bits per heavy atom. The van der Waals surface area contributed by atoms with E-state index >= 15 is 0 Å². The lowest BCUT2D eigenvalue weighted by Crippen LogP contribution is -2.26. The number of carbonyl (C=O) groups is 2. The van der Waals surface area contributed by atoms with Gasteiger partial charge in [0.05, 0.1) is 53.2 Å². The van der Waals surface area contributed by atoms with Gasteiger partial charge in [-0.25, -0.2) is 9.59 Å². The zero-order valence-electron chi connectivity index (χ0n) is 22.1. The first kappa shape index (κ1) is 32.0. The second-order valence-electron chi connectivity index (χ2n) is 7.85. The minimum Gasteiger partial charge on any atom is -0.453 e. The fourth-order valence-electron chi connectivity index (χ4n) is 2.89. The summed E-state index contributed by atoms with van der Waals surface area (Å²) in [5.41, 5.74) is 2.02. The summed E-state index contributed by atoms with van der Waals surface area (Å²) < 4.78 is 25.3. The Morgan fingerprint density at radius 1 is 0.703 bits per heavy atom. The summed E-state index contributed by atoms with van der Waals surface area (Å²) in [5, 5.41) is 5.34. The highest BCUT2D eigenvalue weighted by Crippen LogP contribution is 2.01. The smallest absolute Gasteiger partial charge is 0.407 e. The monoisotopic (exact) mass is 522 g/mol. The van der Waals surface area contributed by atoms with Crippen LogP contribution in [-0.2, 0) is 23.7 Å². The van der Waals surface area contributed by atoms with Crippen LogP contribution >= 0.6 is 0 Å². The number of hydrogen-bond donors (Lipinski definition) is 2. The number of nitrogens with one attached hydrogen (secondary N) is 2. The average molecular weight is 523 g/mol. The topological polar surface area (TPSA) is 129 Å². The van der Waals surface area contributed by atoms with Gasteiger partial charge in [-0.05, 0) is 24.0 Å². The number of methoxy groups -OCH3 is 2. The molecule has 1 rings (SSSR count). The van der Waals surface area contributed by atoms with Gasteiger partial charge in [-0.1, -0.05) is 37.1 Å². The molecule has 0 aliphatic rings. The number of benzene rings is 1. The maximum atomic E-state index is 11.6. The van der Waals surface area contributed by atoms with Crippen molar-refractivity contribution >= 4 is 24.6 Å². The van der Waals surface area contributed by atoms with E-state index in [0.717, 1.165) is 36.8 Å². The van der Waals surface area contributed by atoms with Gasteiger partial charge in [-0.15, -0.1) is 0 Å². The van der Waals surface area contributed by atoms with E-state index in [4.69, 9.17) is 18.9 Å². The minimum absolute atomic E-state index is 0.192. The highest BCUT2D eigenvalue weighted by Gasteiger charge is 2.01. The number of unbranched alkanes of at least 4 members (excludes halogenated alkanes) is 3. The molecule has 0 spiro atoms. The molecule has 11 nitrogen and oxygen atoms in total. The van der Waals surface area contributed by atoms with Crippen LogP contribution in [0.15, 0.2) is 34.3 Å². The molecule has 0 aliphatic heterocycles. The fraction of sp³-hybridized carbons (Fsp3) is 0.615. The predicted molar refractivity (Wildman–Crippen MR) is 143 cm³/mol. The molecule has 0 aliphatic carbocycles. The Labute approximate surface area is 220 Å². The van der Waals surface area contributed by atoms with E-state index in [2.05, 4.69) is 25.4 Å². The molecular formula is C26H42N4O7. The van der Waals surface area contributed by atoms with Crippen LogP contribution in [0.3, 0.4) is 0 Å². The number of hydrogen-bond acceptors (Lipinski definition) is 9. The van der Waals surface area contributed by atoms with Crippen LogP contribution in [0.5, 0.6) is 0 Å². The Morgan fingerprint density at radius 2 is 1.22 bits per heavy atom. The number of nitrogens with zero attached hydrogens (tertiary/aromatic N) is 2. The predicted octanol–water partition coefficient (Wildman–Crippen LogP) is 2.85. The molecule has 0 heterocycles. The molecular weight excluding hydrogens is 480 g/mol. The Kier molecular flexibility index (Phi) is 20.2. The minimum atomic E-state index is -0.446. The second kappa shape index (κ2) is 23.4. The van der Waals surface area contributed by atoms with Gasteiger partial charge in [0, 0.05) is 32.6 Å². The Balaban J connectivity index is 1.96. The molecule has 0 atom stereocenters. The van der Waals surface area contributed by atoms with E-state index in [-0.39, 0.29) is 6.61 Å². The number of ether oxygens (including phenoxy) is 5. The molecule has 2 N–H and O–H groups in total. The van der Waals surface area contributed by atoms with Crippen LogP contribution in [-0.4, -0.2) is 105 Å². The van der Waals surface area contributed by atoms with Crippen LogP contribution in [0.1, 0.15) is 36.8 Å². The lowest BCUT2D eigenvalue weighted by Gasteiger charge is -2.07. The molecule has 0 bridgehead atoms. The van der Waals surface area contributed by atoms with Crippen molar-refractivity contribution in [1.82, 2.24) is 10.6 Å². The van der Waals surface area contributed by atoms with Crippen molar-refractivity contribution in [3.63, 3.8) is 0 Å². The van der Waals surface area contributed by atoms with Crippen molar-refractivity contribution in [2.75, 3.05) is 80.0 Å². The van der Waals surface area contributed by atoms with Crippen molar-refractivity contribution in [3.8, 4) is 0 Å². The van der Waals surface area contributed by atoms with Crippen molar-refractivity contribution in [2.45, 2.75) is 25.7 Å². The van der Waals surface area contributed by atoms with Crippen LogP contribution in [0, 0.1) is 0 Å². The van der Waals surface area contributed by atoms with Gasteiger partial charge >= 0.3 is 12.2 Å². The number of rotatable bonds is 21. The van der Waals surface area contributed by atoms with Gasteiger partial charge in [0.15, 0.2) is 0 Å². The summed E-state index contributed by atoms with van der Waals surface area (Å²) in [6, 6.07) is 7.94. The third kappa shape index (κ3) is 19.8. The summed E-state index contributed by atoms with van der Waals surface area (Å²) in [4.78, 5) is 31.2. The molecule has 0 saturated carbocycles. The lowest BCUT2D eigenvalue weighted by atomic mass is 10.1. The van der Waals surface area contributed by atoms with E-state index in [1.807, 2.05) is 30.5 Å². The first-order chi connectivity index (χ1) is 18.2. The van der Waals surface area contributed by atoms with Gasteiger partial charge in [0.2, 0.25) is 0 Å². The highest BCUT2D eigenvalue weighted by molar-refractivity contribution is 5.84. The van der Waals surface area contributed by atoms with Crippen LogP contribution in [0.4, 0.5) is 9.59 Å².